The van der Waals surface area contributed by atoms with Crippen LogP contribution in [0, 0.1) is 0 Å². The lowest BCUT2D eigenvalue weighted by Crippen LogP contribution is -2.45. The maximum atomic E-state index is 8.81. The Morgan fingerprint density at radius 3 is 0.580 bits per heavy atom. The van der Waals surface area contributed by atoms with E-state index >= 15 is 0 Å². The average molecular weight is 727 g/mol. The van der Waals surface area contributed by atoms with Crippen LogP contribution in [0.4, 0.5) is 0 Å². The number of hydrogen-bond donors (Lipinski definition) is 1. The Morgan fingerprint density at radius 1 is 0.260 bits per heavy atom. The summed E-state index contributed by atoms with van der Waals surface area (Å²) in [7, 11) is -2.43. The Morgan fingerprint density at radius 2 is 0.420 bits per heavy atom. The quantitative estimate of drug-likeness (QED) is 0.0501. The molecule has 0 fully saturated rings. The van der Waals surface area contributed by atoms with Crippen LogP contribution >= 0.6 is 0 Å². The van der Waals surface area contributed by atoms with Gasteiger partial charge in [-0.15, -0.1) is 0 Å². The lowest BCUT2D eigenvalue weighted by atomic mass is 10.0. The first-order valence-electron chi connectivity index (χ1n) is 23.3. The number of aliphatic hydroxyl groups is 1. The van der Waals surface area contributed by atoms with Crippen LogP contribution in [0.15, 0.2) is 0 Å². The molecule has 1 N–H and O–H groups in total. The highest BCUT2D eigenvalue weighted by atomic mass is 28.4. The third-order valence-corrected chi connectivity index (χ3v) is 13.9. The van der Waals surface area contributed by atoms with Gasteiger partial charge >= 0.3 is 8.80 Å². The van der Waals surface area contributed by atoms with Crippen LogP contribution in [0.3, 0.4) is 0 Å². The molecular weight excluding hydrogens is 633 g/mol. The van der Waals surface area contributed by atoms with Crippen molar-refractivity contribution < 1.29 is 18.4 Å². The van der Waals surface area contributed by atoms with Gasteiger partial charge in [0.05, 0.1) is 0 Å². The van der Waals surface area contributed by atoms with E-state index in [1.165, 1.54) is 231 Å². The van der Waals surface area contributed by atoms with Gasteiger partial charge in [-0.3, -0.25) is 0 Å². The van der Waals surface area contributed by atoms with Crippen molar-refractivity contribution in [1.29, 1.82) is 0 Å². The fourth-order valence-corrected chi connectivity index (χ4v) is 10.3. The Bertz CT molecular complexity index is 587. The normalized spacial score (nSPS) is 12.0. The van der Waals surface area contributed by atoms with E-state index < -0.39 is 8.80 Å². The van der Waals surface area contributed by atoms with Crippen LogP contribution in [0.5, 0.6) is 0 Å². The van der Waals surface area contributed by atoms with Crippen LogP contribution in [-0.4, -0.2) is 40.3 Å². The van der Waals surface area contributed by atoms with Crippen LogP contribution < -0.4 is 0 Å². The average Bonchev–Trinajstić information content (AvgIpc) is 3.11. The van der Waals surface area contributed by atoms with Gasteiger partial charge in [0.2, 0.25) is 0 Å². The first-order chi connectivity index (χ1) is 24.7. The number of unbranched alkanes of at least 4 members (excludes halogenated alkanes) is 36. The summed E-state index contributed by atoms with van der Waals surface area (Å²) in [6.07, 6.45) is 52.3. The molecule has 0 aromatic rings. The predicted molar refractivity (Wildman–Crippen MR) is 223 cm³/mol. The molecule has 0 aliphatic rings. The molecule has 0 heterocycles. The van der Waals surface area contributed by atoms with Crippen molar-refractivity contribution in [3.8, 4) is 0 Å². The molecule has 4 nitrogen and oxygen atoms in total. The van der Waals surface area contributed by atoms with Crippen LogP contribution in [-0.2, 0) is 13.3 Å². The minimum absolute atomic E-state index is 0.371. The smallest absolute Gasteiger partial charge is 0.396 e. The van der Waals surface area contributed by atoms with Gasteiger partial charge in [0.1, 0.15) is 0 Å². The summed E-state index contributed by atoms with van der Waals surface area (Å²) in [5.74, 6) is 0. The fourth-order valence-electron chi connectivity index (χ4n) is 7.64. The van der Waals surface area contributed by atoms with Crippen molar-refractivity contribution in [2.75, 3.05) is 26.4 Å². The van der Waals surface area contributed by atoms with Crippen molar-refractivity contribution in [2.45, 2.75) is 264 Å². The van der Waals surface area contributed by atoms with E-state index in [2.05, 4.69) is 0 Å². The molecule has 0 rings (SSSR count). The van der Waals surface area contributed by atoms with Crippen molar-refractivity contribution in [1.82, 2.24) is 0 Å². The van der Waals surface area contributed by atoms with Crippen molar-refractivity contribution in [3.05, 3.63) is 0 Å². The largest absolute Gasteiger partial charge is 0.500 e. The van der Waals surface area contributed by atoms with Crippen molar-refractivity contribution >= 4 is 8.80 Å². The Labute approximate surface area is 317 Å². The summed E-state index contributed by atoms with van der Waals surface area (Å²) in [6.45, 7) is 8.56. The molecule has 5 heteroatoms. The SMILES string of the molecule is CCO[Si](CCCCCCCCCCCCCCCCCCCCCCCCCCCCCCCCCCCCCCCO)(OCC)OCC. The van der Waals surface area contributed by atoms with Gasteiger partial charge in [-0.2, -0.15) is 0 Å². The highest BCUT2D eigenvalue weighted by molar-refractivity contribution is 6.60. The van der Waals surface area contributed by atoms with E-state index in [0.29, 0.717) is 26.4 Å². The third kappa shape index (κ3) is 37.8. The molecule has 0 amide bonds. The van der Waals surface area contributed by atoms with Crippen LogP contribution in [0.2, 0.25) is 6.04 Å². The van der Waals surface area contributed by atoms with Gasteiger partial charge in [0, 0.05) is 32.5 Å². The topological polar surface area (TPSA) is 47.9 Å². The van der Waals surface area contributed by atoms with Gasteiger partial charge in [0.25, 0.3) is 0 Å². The monoisotopic (exact) mass is 727 g/mol. The number of aliphatic hydroxyl groups excluding tert-OH is 1. The van der Waals surface area contributed by atoms with Gasteiger partial charge in [-0.05, 0) is 33.6 Å². The molecule has 0 aromatic carbocycles. The van der Waals surface area contributed by atoms with E-state index in [1.54, 1.807) is 0 Å². The predicted octanol–water partition coefficient (Wildman–Crippen LogP) is 15.5. The second kappa shape index (κ2) is 43.5. The summed E-state index contributed by atoms with van der Waals surface area (Å²) >= 11 is 0. The zero-order valence-electron chi connectivity index (χ0n) is 34.9. The zero-order valence-corrected chi connectivity index (χ0v) is 35.9. The molecule has 0 aliphatic heterocycles. The second-order valence-corrected chi connectivity index (χ2v) is 18.3. The maximum absolute atomic E-state index is 8.81. The molecule has 50 heavy (non-hydrogen) atoms. The van der Waals surface area contributed by atoms with E-state index in [4.69, 9.17) is 18.4 Å². The third-order valence-electron chi connectivity index (χ3n) is 10.7. The molecule has 0 aromatic heterocycles. The molecule has 0 radical (unpaired) electrons. The summed E-state index contributed by atoms with van der Waals surface area (Å²) in [5.41, 5.74) is 0. The highest BCUT2D eigenvalue weighted by Crippen LogP contribution is 2.22. The molecule has 0 atom stereocenters. The Kier molecular flexibility index (Phi) is 43.5. The lowest BCUT2D eigenvalue weighted by molar-refractivity contribution is 0.0706. The highest BCUT2D eigenvalue weighted by Gasteiger charge is 2.39. The minimum Gasteiger partial charge on any atom is -0.396 e. The Hall–Kier alpha value is 0.0569. The molecule has 0 spiro atoms. The summed E-state index contributed by atoms with van der Waals surface area (Å²) in [5, 5.41) is 8.81. The summed E-state index contributed by atoms with van der Waals surface area (Å²) in [6, 6.07) is 0.972. The summed E-state index contributed by atoms with van der Waals surface area (Å²) < 4.78 is 17.9. The molecule has 0 saturated heterocycles. The lowest BCUT2D eigenvalue weighted by Gasteiger charge is -2.28. The van der Waals surface area contributed by atoms with E-state index in [9.17, 15) is 0 Å². The van der Waals surface area contributed by atoms with E-state index in [1.807, 2.05) is 20.8 Å². The number of hydrogen-bond acceptors (Lipinski definition) is 4. The van der Waals surface area contributed by atoms with Crippen molar-refractivity contribution in [3.63, 3.8) is 0 Å². The standard InChI is InChI=1S/C45H94O4Si/c1-4-47-50(48-5-2,49-6-3)45-43-41-39-37-35-33-31-29-27-25-23-21-19-17-15-13-11-9-7-8-10-12-14-16-18-20-22-24-26-28-30-32-34-36-38-40-42-44-46/h46H,4-45H2,1-3H3. The molecule has 0 bridgehead atoms. The van der Waals surface area contributed by atoms with Gasteiger partial charge in [-0.25, -0.2) is 0 Å². The van der Waals surface area contributed by atoms with Crippen LogP contribution in [0.1, 0.15) is 258 Å². The van der Waals surface area contributed by atoms with E-state index in [-0.39, 0.29) is 0 Å². The molecule has 0 aliphatic carbocycles. The first-order valence-corrected chi connectivity index (χ1v) is 25.2. The van der Waals surface area contributed by atoms with Crippen LogP contribution in [0.25, 0.3) is 0 Å². The van der Waals surface area contributed by atoms with Gasteiger partial charge in [0.15, 0.2) is 0 Å². The molecule has 302 valence electrons. The first kappa shape index (κ1) is 50.1. The minimum atomic E-state index is -2.43. The van der Waals surface area contributed by atoms with Gasteiger partial charge in [-0.1, -0.05) is 225 Å². The number of rotatable bonds is 45. The Balaban J connectivity index is 3.20. The maximum Gasteiger partial charge on any atom is 0.500 e. The zero-order chi connectivity index (χ0) is 36.3. The van der Waals surface area contributed by atoms with Gasteiger partial charge < -0.3 is 18.4 Å². The molecule has 0 saturated carbocycles. The van der Waals surface area contributed by atoms with E-state index in [0.717, 1.165) is 12.5 Å². The second-order valence-electron chi connectivity index (χ2n) is 15.5. The summed E-state index contributed by atoms with van der Waals surface area (Å²) in [4.78, 5) is 0. The molecule has 0 unspecified atom stereocenters. The fraction of sp³-hybridized carbons (Fsp3) is 1.00. The molecular formula is C45H94O4Si. The van der Waals surface area contributed by atoms with Crippen molar-refractivity contribution in [2.24, 2.45) is 0 Å².